The number of hydrogen-bond donors (Lipinski definition) is 2. The van der Waals surface area contributed by atoms with Gasteiger partial charge in [0.1, 0.15) is 0 Å². The van der Waals surface area contributed by atoms with E-state index in [1.807, 2.05) is 30.3 Å². The molecule has 0 spiro atoms. The SMILES string of the molecule is CC(C(=O)O)C(NC(=O)CCC1CCC1)c1ccccc1. The number of carbonyl (C=O) groups excluding carboxylic acids is 1. The number of nitrogens with one attached hydrogen (secondary N) is 1. The summed E-state index contributed by atoms with van der Waals surface area (Å²) in [5.41, 5.74) is 0.837. The zero-order chi connectivity index (χ0) is 15.2. The van der Waals surface area contributed by atoms with Gasteiger partial charge in [0.15, 0.2) is 0 Å². The molecule has 114 valence electrons. The summed E-state index contributed by atoms with van der Waals surface area (Å²) >= 11 is 0. The molecule has 1 aliphatic rings. The topological polar surface area (TPSA) is 66.4 Å². The van der Waals surface area contributed by atoms with Crippen LogP contribution in [0.4, 0.5) is 0 Å². The van der Waals surface area contributed by atoms with Gasteiger partial charge in [0, 0.05) is 6.42 Å². The van der Waals surface area contributed by atoms with E-state index < -0.39 is 17.9 Å². The molecule has 21 heavy (non-hydrogen) atoms. The molecular weight excluding hydrogens is 266 g/mol. The van der Waals surface area contributed by atoms with Crippen LogP contribution < -0.4 is 5.32 Å². The lowest BCUT2D eigenvalue weighted by Gasteiger charge is -2.26. The van der Waals surface area contributed by atoms with Gasteiger partial charge in [-0.05, 0) is 24.8 Å². The van der Waals surface area contributed by atoms with Crippen LogP contribution in [0.1, 0.15) is 50.6 Å². The molecule has 1 aromatic carbocycles. The minimum absolute atomic E-state index is 0.0520. The van der Waals surface area contributed by atoms with E-state index in [1.54, 1.807) is 6.92 Å². The van der Waals surface area contributed by atoms with Gasteiger partial charge in [-0.3, -0.25) is 9.59 Å². The van der Waals surface area contributed by atoms with Crippen LogP contribution in [0, 0.1) is 11.8 Å². The predicted molar refractivity (Wildman–Crippen MR) is 80.7 cm³/mol. The molecule has 2 N–H and O–H groups in total. The average molecular weight is 289 g/mol. The van der Waals surface area contributed by atoms with Crippen LogP contribution in [0.3, 0.4) is 0 Å². The molecular formula is C17H23NO3. The fraction of sp³-hybridized carbons (Fsp3) is 0.529. The van der Waals surface area contributed by atoms with Crippen molar-refractivity contribution in [3.8, 4) is 0 Å². The zero-order valence-corrected chi connectivity index (χ0v) is 12.4. The molecule has 0 radical (unpaired) electrons. The van der Waals surface area contributed by atoms with Crippen molar-refractivity contribution in [2.75, 3.05) is 0 Å². The van der Waals surface area contributed by atoms with Crippen molar-refractivity contribution in [2.24, 2.45) is 11.8 Å². The van der Waals surface area contributed by atoms with E-state index in [2.05, 4.69) is 5.32 Å². The fourth-order valence-corrected chi connectivity index (χ4v) is 2.66. The van der Waals surface area contributed by atoms with Gasteiger partial charge in [-0.25, -0.2) is 0 Å². The van der Waals surface area contributed by atoms with Crippen molar-refractivity contribution in [1.29, 1.82) is 0 Å². The number of hydrogen-bond acceptors (Lipinski definition) is 2. The quantitative estimate of drug-likeness (QED) is 0.810. The Balaban J connectivity index is 1.98. The third-order valence-corrected chi connectivity index (χ3v) is 4.37. The molecule has 0 saturated heterocycles. The van der Waals surface area contributed by atoms with Gasteiger partial charge in [-0.15, -0.1) is 0 Å². The minimum atomic E-state index is -0.900. The normalized spacial score (nSPS) is 17.6. The van der Waals surface area contributed by atoms with E-state index in [4.69, 9.17) is 0 Å². The molecule has 1 amide bonds. The highest BCUT2D eigenvalue weighted by molar-refractivity contribution is 5.78. The summed E-state index contributed by atoms with van der Waals surface area (Å²) in [5.74, 6) is -0.921. The van der Waals surface area contributed by atoms with Gasteiger partial charge < -0.3 is 10.4 Å². The Kier molecular flexibility index (Phi) is 5.37. The van der Waals surface area contributed by atoms with Crippen LogP contribution >= 0.6 is 0 Å². The lowest BCUT2D eigenvalue weighted by atomic mass is 9.82. The Morgan fingerprint density at radius 3 is 2.48 bits per heavy atom. The Morgan fingerprint density at radius 2 is 1.95 bits per heavy atom. The highest BCUT2D eigenvalue weighted by Crippen LogP contribution is 2.30. The number of carbonyl (C=O) groups is 2. The smallest absolute Gasteiger partial charge is 0.308 e. The second-order valence-electron chi connectivity index (χ2n) is 5.92. The Bertz CT molecular complexity index is 482. The summed E-state index contributed by atoms with van der Waals surface area (Å²) in [6, 6.07) is 8.84. The van der Waals surface area contributed by atoms with Gasteiger partial charge in [-0.2, -0.15) is 0 Å². The largest absolute Gasteiger partial charge is 0.481 e. The number of carboxylic acid groups (broad SMARTS) is 1. The Hall–Kier alpha value is -1.84. The minimum Gasteiger partial charge on any atom is -0.481 e. The summed E-state index contributed by atoms with van der Waals surface area (Å²) in [7, 11) is 0. The predicted octanol–water partition coefficient (Wildman–Crippen LogP) is 3.14. The summed E-state index contributed by atoms with van der Waals surface area (Å²) in [6.45, 7) is 1.63. The van der Waals surface area contributed by atoms with E-state index in [9.17, 15) is 14.7 Å². The van der Waals surface area contributed by atoms with Gasteiger partial charge in [0.2, 0.25) is 5.91 Å². The number of benzene rings is 1. The standard InChI is InChI=1S/C17H23NO3/c1-12(17(20)21)16(14-8-3-2-4-9-14)18-15(19)11-10-13-6-5-7-13/h2-4,8-9,12-13,16H,5-7,10-11H2,1H3,(H,18,19)(H,20,21). The van der Waals surface area contributed by atoms with E-state index in [0.29, 0.717) is 12.3 Å². The maximum Gasteiger partial charge on any atom is 0.308 e. The van der Waals surface area contributed by atoms with Crippen LogP contribution in [-0.4, -0.2) is 17.0 Å². The first-order valence-corrected chi connectivity index (χ1v) is 7.65. The molecule has 0 heterocycles. The van der Waals surface area contributed by atoms with E-state index in [0.717, 1.165) is 12.0 Å². The number of amides is 1. The lowest BCUT2D eigenvalue weighted by molar-refractivity contribution is -0.142. The van der Waals surface area contributed by atoms with Crippen molar-refractivity contribution in [2.45, 2.75) is 45.1 Å². The molecule has 1 aromatic rings. The summed E-state index contributed by atoms with van der Waals surface area (Å²) in [4.78, 5) is 23.4. The van der Waals surface area contributed by atoms with E-state index in [-0.39, 0.29) is 5.91 Å². The van der Waals surface area contributed by atoms with Crippen LogP contribution in [0.15, 0.2) is 30.3 Å². The number of carboxylic acids is 1. The third kappa shape index (κ3) is 4.31. The molecule has 0 bridgehead atoms. The van der Waals surface area contributed by atoms with Crippen molar-refractivity contribution >= 4 is 11.9 Å². The summed E-state index contributed by atoms with van der Waals surface area (Å²) in [6.07, 6.45) is 5.12. The molecule has 1 fully saturated rings. The maximum absolute atomic E-state index is 12.1. The van der Waals surface area contributed by atoms with Gasteiger partial charge >= 0.3 is 5.97 Å². The fourth-order valence-electron chi connectivity index (χ4n) is 2.66. The van der Waals surface area contributed by atoms with E-state index in [1.165, 1.54) is 19.3 Å². The first-order valence-electron chi connectivity index (χ1n) is 7.65. The second-order valence-corrected chi connectivity index (χ2v) is 5.92. The molecule has 0 aliphatic heterocycles. The van der Waals surface area contributed by atoms with Crippen LogP contribution in [0.25, 0.3) is 0 Å². The van der Waals surface area contributed by atoms with Crippen LogP contribution in [0.5, 0.6) is 0 Å². The highest BCUT2D eigenvalue weighted by atomic mass is 16.4. The van der Waals surface area contributed by atoms with Crippen molar-refractivity contribution < 1.29 is 14.7 Å². The van der Waals surface area contributed by atoms with Crippen LogP contribution in [0.2, 0.25) is 0 Å². The van der Waals surface area contributed by atoms with Crippen molar-refractivity contribution in [3.05, 3.63) is 35.9 Å². The molecule has 2 rings (SSSR count). The molecule has 2 unspecified atom stereocenters. The first-order chi connectivity index (χ1) is 10.1. The average Bonchev–Trinajstić information content (AvgIpc) is 2.43. The highest BCUT2D eigenvalue weighted by Gasteiger charge is 2.27. The van der Waals surface area contributed by atoms with Crippen molar-refractivity contribution in [1.82, 2.24) is 5.32 Å². The molecule has 2 atom stereocenters. The van der Waals surface area contributed by atoms with Crippen molar-refractivity contribution in [3.63, 3.8) is 0 Å². The Morgan fingerprint density at radius 1 is 1.29 bits per heavy atom. The van der Waals surface area contributed by atoms with Gasteiger partial charge in [0.25, 0.3) is 0 Å². The summed E-state index contributed by atoms with van der Waals surface area (Å²) in [5, 5.41) is 12.1. The maximum atomic E-state index is 12.1. The zero-order valence-electron chi connectivity index (χ0n) is 12.4. The molecule has 1 aliphatic carbocycles. The van der Waals surface area contributed by atoms with Gasteiger partial charge in [0.05, 0.1) is 12.0 Å². The lowest BCUT2D eigenvalue weighted by Crippen LogP contribution is -2.35. The van der Waals surface area contributed by atoms with Gasteiger partial charge in [-0.1, -0.05) is 49.6 Å². The van der Waals surface area contributed by atoms with Crippen LogP contribution in [-0.2, 0) is 9.59 Å². The molecule has 1 saturated carbocycles. The number of aliphatic carboxylic acids is 1. The monoisotopic (exact) mass is 289 g/mol. The summed E-state index contributed by atoms with van der Waals surface area (Å²) < 4.78 is 0. The molecule has 4 heteroatoms. The second kappa shape index (κ2) is 7.25. The third-order valence-electron chi connectivity index (χ3n) is 4.37. The molecule has 0 aromatic heterocycles. The Labute approximate surface area is 125 Å². The molecule has 4 nitrogen and oxygen atoms in total. The van der Waals surface area contributed by atoms with E-state index >= 15 is 0 Å². The first kappa shape index (κ1) is 15.5. The number of rotatable bonds is 7.